The van der Waals surface area contributed by atoms with E-state index in [0.29, 0.717) is 0 Å². The number of hydrogen-bond acceptors (Lipinski definition) is 14. The first-order valence-corrected chi connectivity index (χ1v) is 14.8. The van der Waals surface area contributed by atoms with Gasteiger partial charge in [0.2, 0.25) is 10.4 Å². The van der Waals surface area contributed by atoms with E-state index in [0.717, 1.165) is 23.2 Å². The minimum Gasteiger partial charge on any atom is -0.744 e. The molecule has 1 heterocycles. The van der Waals surface area contributed by atoms with Crippen molar-refractivity contribution in [3.63, 3.8) is 0 Å². The Bertz CT molecular complexity index is 1650. The standard InChI is InChI=1S/C20H22N4O11S3.K.Na/c1-12-10-16(17(34-3)11-18(12)36(26,27)9-8-35-38(31,32)33)21-22-19-13(2)23-24(20(19)25)14-4-6-15(7-5-14)37(28,29)30;;/h4-7,10-11,19H,8-9H2,1-3H3,(H,28,29,30)(H,31,32,33);;/q;2*+1/p-2. The number of sulfone groups is 1. The number of azo groups is 1. The largest absolute Gasteiger partial charge is 1.00 e. The quantitative estimate of drug-likeness (QED) is 0.102. The fourth-order valence-electron chi connectivity index (χ4n) is 3.33. The molecule has 0 saturated carbocycles. The summed E-state index contributed by atoms with van der Waals surface area (Å²) in [5.74, 6) is -1.43. The second kappa shape index (κ2) is 14.7. The number of benzene rings is 2. The van der Waals surface area contributed by atoms with Crippen LogP contribution in [-0.4, -0.2) is 71.5 Å². The minimum atomic E-state index is -5.06. The van der Waals surface area contributed by atoms with Crippen molar-refractivity contribution in [2.75, 3.05) is 24.5 Å². The summed E-state index contributed by atoms with van der Waals surface area (Å²) >= 11 is 0. The van der Waals surface area contributed by atoms with E-state index in [1.165, 1.54) is 39.2 Å². The second-order valence-electron chi connectivity index (χ2n) is 7.80. The van der Waals surface area contributed by atoms with Gasteiger partial charge in [-0.2, -0.15) is 20.3 Å². The third kappa shape index (κ3) is 9.43. The first kappa shape index (κ1) is 37.4. The van der Waals surface area contributed by atoms with Gasteiger partial charge in [0, 0.05) is 6.07 Å². The third-order valence-electron chi connectivity index (χ3n) is 5.14. The fraction of sp³-hybridized carbons (Fsp3) is 0.300. The Kier molecular flexibility index (Phi) is 13.7. The number of methoxy groups -OCH3 is 1. The summed E-state index contributed by atoms with van der Waals surface area (Å²) in [5.41, 5.74) is 0.716. The van der Waals surface area contributed by atoms with Gasteiger partial charge in [0.1, 0.15) is 21.6 Å². The van der Waals surface area contributed by atoms with Gasteiger partial charge in [-0.3, -0.25) is 8.98 Å². The monoisotopic (exact) mass is 650 g/mol. The van der Waals surface area contributed by atoms with Gasteiger partial charge in [0.25, 0.3) is 5.91 Å². The summed E-state index contributed by atoms with van der Waals surface area (Å²) in [7, 11) is -12.6. The van der Waals surface area contributed by atoms with Crippen LogP contribution in [-0.2, 0) is 39.3 Å². The molecule has 0 N–H and O–H groups in total. The third-order valence-corrected chi connectivity index (χ3v) is 8.26. The van der Waals surface area contributed by atoms with Crippen molar-refractivity contribution >= 4 is 53.3 Å². The Labute approximate surface area is 295 Å². The molecule has 0 radical (unpaired) electrons. The van der Waals surface area contributed by atoms with Crippen LogP contribution >= 0.6 is 0 Å². The van der Waals surface area contributed by atoms with Gasteiger partial charge in [-0.1, -0.05) is 0 Å². The van der Waals surface area contributed by atoms with E-state index in [1.54, 1.807) is 0 Å². The van der Waals surface area contributed by atoms with Gasteiger partial charge in [-0.25, -0.2) is 25.3 Å². The van der Waals surface area contributed by atoms with Crippen LogP contribution in [0.1, 0.15) is 12.5 Å². The van der Waals surface area contributed by atoms with E-state index in [1.807, 2.05) is 0 Å². The van der Waals surface area contributed by atoms with Crippen molar-refractivity contribution in [2.45, 2.75) is 29.7 Å². The van der Waals surface area contributed by atoms with Crippen LogP contribution in [0.3, 0.4) is 0 Å². The SMILES string of the molecule is COc1cc(S(=O)(=O)CCOS(=O)(=O)[O-])c(C)cc1N=NC1C(=O)N(c2ccc(S(=O)(=O)[O-])cc2)N=C1C.[K+].[Na+]. The summed E-state index contributed by atoms with van der Waals surface area (Å²) in [6.45, 7) is 2.09. The molecule has 15 nitrogen and oxygen atoms in total. The van der Waals surface area contributed by atoms with Crippen molar-refractivity contribution in [2.24, 2.45) is 15.3 Å². The second-order valence-corrected chi connectivity index (χ2v) is 12.3. The smallest absolute Gasteiger partial charge is 0.744 e. The number of hydrazone groups is 1. The Morgan fingerprint density at radius 3 is 2.15 bits per heavy atom. The van der Waals surface area contributed by atoms with Crippen LogP contribution in [0.4, 0.5) is 11.4 Å². The molecular formula is C20H20KN4NaO11S3. The van der Waals surface area contributed by atoms with E-state index in [4.69, 9.17) is 4.74 Å². The maximum atomic E-state index is 12.9. The molecular weight excluding hydrogens is 631 g/mol. The predicted octanol–water partition coefficient (Wildman–Crippen LogP) is -4.96. The Hall–Kier alpha value is -0.654. The van der Waals surface area contributed by atoms with Crippen LogP contribution in [0.15, 0.2) is 61.5 Å². The summed E-state index contributed by atoms with van der Waals surface area (Å²) < 4.78 is 99.4. The molecule has 20 heteroatoms. The number of rotatable bonds is 10. The van der Waals surface area contributed by atoms with E-state index in [9.17, 15) is 39.2 Å². The molecule has 1 unspecified atom stereocenters. The van der Waals surface area contributed by atoms with Crippen LogP contribution < -0.4 is 90.7 Å². The number of nitrogens with zero attached hydrogens (tertiary/aromatic N) is 4. The average molecular weight is 651 g/mol. The van der Waals surface area contributed by atoms with Gasteiger partial charge < -0.3 is 13.8 Å². The zero-order chi connectivity index (χ0) is 28.5. The first-order valence-electron chi connectivity index (χ1n) is 10.4. The van der Waals surface area contributed by atoms with Gasteiger partial charge in [-0.15, -0.1) is 0 Å². The van der Waals surface area contributed by atoms with Gasteiger partial charge in [0.05, 0.1) is 40.7 Å². The first-order chi connectivity index (χ1) is 17.5. The molecule has 1 amide bonds. The number of hydrogen-bond donors (Lipinski definition) is 0. The fourth-order valence-corrected chi connectivity index (χ4v) is 5.56. The molecule has 0 fully saturated rings. The average Bonchev–Trinajstić information content (AvgIpc) is 3.09. The van der Waals surface area contributed by atoms with Crippen LogP contribution in [0.2, 0.25) is 0 Å². The molecule has 1 atom stereocenters. The number of anilines is 1. The molecule has 206 valence electrons. The van der Waals surface area contributed by atoms with E-state index >= 15 is 0 Å². The van der Waals surface area contributed by atoms with Crippen molar-refractivity contribution in [3.05, 3.63) is 42.0 Å². The van der Waals surface area contributed by atoms with Gasteiger partial charge >= 0.3 is 80.9 Å². The molecule has 0 aliphatic carbocycles. The molecule has 1 aliphatic rings. The van der Waals surface area contributed by atoms with E-state index in [2.05, 4.69) is 19.5 Å². The van der Waals surface area contributed by atoms with Crippen molar-refractivity contribution < 1.29 is 129 Å². The Morgan fingerprint density at radius 2 is 1.62 bits per heavy atom. The number of carbonyl (C=O) groups is 1. The van der Waals surface area contributed by atoms with Crippen molar-refractivity contribution in [3.8, 4) is 5.75 Å². The molecule has 40 heavy (non-hydrogen) atoms. The Balaban J connectivity index is 0.00000400. The maximum absolute atomic E-state index is 12.9. The number of amides is 1. The topological polar surface area (TPSA) is 224 Å². The van der Waals surface area contributed by atoms with Crippen molar-refractivity contribution in [1.29, 1.82) is 0 Å². The van der Waals surface area contributed by atoms with Crippen LogP contribution in [0.25, 0.3) is 0 Å². The molecule has 0 saturated heterocycles. The zero-order valence-electron chi connectivity index (χ0n) is 22.0. The van der Waals surface area contributed by atoms with Gasteiger partial charge in [0.15, 0.2) is 15.9 Å². The molecule has 0 bridgehead atoms. The van der Waals surface area contributed by atoms with Crippen LogP contribution in [0, 0.1) is 6.92 Å². The summed E-state index contributed by atoms with van der Waals surface area (Å²) in [6.07, 6.45) is 0. The van der Waals surface area contributed by atoms with E-state index < -0.39 is 59.6 Å². The normalized spacial score (nSPS) is 15.9. The predicted molar refractivity (Wildman–Crippen MR) is 129 cm³/mol. The molecule has 2 aromatic rings. The number of carbonyl (C=O) groups excluding carboxylic acids is 1. The molecule has 2 aromatic carbocycles. The summed E-state index contributed by atoms with van der Waals surface area (Å²) in [4.78, 5) is 12.2. The molecule has 0 aromatic heterocycles. The van der Waals surface area contributed by atoms with Gasteiger partial charge in [-0.05, 0) is 49.7 Å². The number of ether oxygens (including phenoxy) is 1. The Morgan fingerprint density at radius 1 is 1.02 bits per heavy atom. The molecule has 0 spiro atoms. The van der Waals surface area contributed by atoms with Crippen molar-refractivity contribution in [1.82, 2.24) is 0 Å². The zero-order valence-corrected chi connectivity index (χ0v) is 29.5. The summed E-state index contributed by atoms with van der Waals surface area (Å²) in [5, 5.41) is 13.1. The maximum Gasteiger partial charge on any atom is 1.00 e. The minimum absolute atomic E-state index is 0. The van der Waals surface area contributed by atoms with Crippen LogP contribution in [0.5, 0.6) is 5.75 Å². The van der Waals surface area contributed by atoms with E-state index in [-0.39, 0.29) is 114 Å². The number of aryl methyl sites for hydroxylation is 1. The summed E-state index contributed by atoms with van der Waals surface area (Å²) in [6, 6.07) is 5.87. The molecule has 1 aliphatic heterocycles. The molecule has 3 rings (SSSR count).